The fraction of sp³-hybridized carbons (Fsp3) is 0.355. The second-order valence-corrected chi connectivity index (χ2v) is 7.64. The van der Waals surface area contributed by atoms with Crippen molar-refractivity contribution in [2.75, 3.05) is 6.61 Å². The van der Waals surface area contributed by atoms with Crippen molar-refractivity contribution < 1.29 is 19.1 Å². The summed E-state index contributed by atoms with van der Waals surface area (Å²) >= 11 is 0. The molecule has 0 aliphatic rings. The first-order chi connectivity index (χ1) is 17.2. The van der Waals surface area contributed by atoms with Gasteiger partial charge in [-0.1, -0.05) is 92.0 Å². The van der Waals surface area contributed by atoms with Crippen molar-refractivity contribution in [3.8, 4) is 5.75 Å². The van der Waals surface area contributed by atoms with Crippen LogP contribution in [0.25, 0.3) is 0 Å². The van der Waals surface area contributed by atoms with Gasteiger partial charge in [0.05, 0.1) is 6.61 Å². The lowest BCUT2D eigenvalue weighted by Gasteiger charge is -2.08. The van der Waals surface area contributed by atoms with Crippen LogP contribution in [0.4, 0.5) is 0 Å². The number of hydrogen-bond donors (Lipinski definition) is 0. The molecule has 0 radical (unpaired) electrons. The number of benzene rings is 1. The smallest absolute Gasteiger partial charge is 0.341 e. The van der Waals surface area contributed by atoms with Crippen LogP contribution in [-0.4, -0.2) is 18.5 Å². The number of esters is 2. The highest BCUT2D eigenvalue weighted by Gasteiger charge is 2.15. The molecule has 188 valence electrons. The summed E-state index contributed by atoms with van der Waals surface area (Å²) in [5.41, 5.74) is 0.261. The summed E-state index contributed by atoms with van der Waals surface area (Å²) in [5, 5.41) is 0. The van der Waals surface area contributed by atoms with Gasteiger partial charge >= 0.3 is 11.9 Å². The van der Waals surface area contributed by atoms with Crippen LogP contribution < -0.4 is 4.74 Å². The molecular formula is C31H40O4. The Bertz CT molecular complexity index is 900. The summed E-state index contributed by atoms with van der Waals surface area (Å²) in [6.45, 7) is 4.15. The molecule has 0 bridgehead atoms. The molecule has 0 saturated carbocycles. The molecule has 1 rings (SSSR count). The largest absolute Gasteiger partial charge is 0.462 e. The monoisotopic (exact) mass is 476 g/mol. The Balaban J connectivity index is 2.14. The predicted octanol–water partition coefficient (Wildman–Crippen LogP) is 8.25. The number of para-hydroxylation sites is 1. The third-order valence-electron chi connectivity index (χ3n) is 4.72. The molecule has 0 atom stereocenters. The maximum Gasteiger partial charge on any atom is 0.341 e. The average Bonchev–Trinajstić information content (AvgIpc) is 2.86. The van der Waals surface area contributed by atoms with E-state index in [1.54, 1.807) is 31.2 Å². The van der Waals surface area contributed by atoms with E-state index >= 15 is 0 Å². The third kappa shape index (κ3) is 16.0. The van der Waals surface area contributed by atoms with Crippen LogP contribution >= 0.6 is 0 Å². The Morgan fingerprint density at radius 3 is 1.69 bits per heavy atom. The third-order valence-corrected chi connectivity index (χ3v) is 4.72. The highest BCUT2D eigenvalue weighted by Crippen LogP contribution is 2.19. The van der Waals surface area contributed by atoms with Gasteiger partial charge in [0.1, 0.15) is 11.3 Å². The Morgan fingerprint density at radius 1 is 0.686 bits per heavy atom. The second kappa shape index (κ2) is 21.2. The van der Waals surface area contributed by atoms with Crippen molar-refractivity contribution in [3.63, 3.8) is 0 Å². The van der Waals surface area contributed by atoms with Gasteiger partial charge in [-0.05, 0) is 64.0 Å². The van der Waals surface area contributed by atoms with Crippen LogP contribution in [0.2, 0.25) is 0 Å². The van der Waals surface area contributed by atoms with Gasteiger partial charge in [-0.2, -0.15) is 0 Å². The van der Waals surface area contributed by atoms with Crippen LogP contribution in [0.5, 0.6) is 5.75 Å². The van der Waals surface area contributed by atoms with E-state index in [-0.39, 0.29) is 30.3 Å². The van der Waals surface area contributed by atoms with Crippen molar-refractivity contribution in [2.45, 2.75) is 65.2 Å². The molecule has 0 amide bonds. The molecule has 4 heteroatoms. The van der Waals surface area contributed by atoms with E-state index in [2.05, 4.69) is 67.7 Å². The summed E-state index contributed by atoms with van der Waals surface area (Å²) in [6, 6.07) is 6.62. The predicted molar refractivity (Wildman–Crippen MR) is 145 cm³/mol. The van der Waals surface area contributed by atoms with Crippen LogP contribution in [-0.2, 0) is 9.53 Å². The minimum atomic E-state index is -0.493. The van der Waals surface area contributed by atoms with Gasteiger partial charge in [0.25, 0.3) is 0 Å². The highest BCUT2D eigenvalue weighted by molar-refractivity contribution is 5.93. The Kier molecular flexibility index (Phi) is 17.9. The molecule has 0 saturated heterocycles. The lowest BCUT2D eigenvalue weighted by molar-refractivity contribution is -0.134. The molecule has 0 unspecified atom stereocenters. The summed E-state index contributed by atoms with van der Waals surface area (Å²) in [6.07, 6.45) is 32.4. The first-order valence-electron chi connectivity index (χ1n) is 12.6. The standard InChI is InChI=1S/C31H40O4/c1-3-5-6-7-8-9-10-11-12-13-14-15-16-17-18-19-20-21-22-27-30(32)35-29-26-24-23-25-28(29)31(33)34-4-2/h5-6,8-9,11-12,14-15,17-18,20-21,23-26H,3-4,7,10,13,16,19,22,27H2,1-2H3. The van der Waals surface area contributed by atoms with Crippen LogP contribution in [0.3, 0.4) is 0 Å². The van der Waals surface area contributed by atoms with E-state index in [1.165, 1.54) is 0 Å². The maximum absolute atomic E-state index is 12.1. The van der Waals surface area contributed by atoms with Crippen LogP contribution in [0, 0.1) is 0 Å². The van der Waals surface area contributed by atoms with E-state index in [0.29, 0.717) is 6.42 Å². The second-order valence-electron chi connectivity index (χ2n) is 7.64. The quantitative estimate of drug-likeness (QED) is 0.129. The fourth-order valence-electron chi connectivity index (χ4n) is 2.95. The number of hydrogen-bond acceptors (Lipinski definition) is 4. The first-order valence-corrected chi connectivity index (χ1v) is 12.6. The number of allylic oxidation sites excluding steroid dienone is 12. The van der Waals surface area contributed by atoms with E-state index in [0.717, 1.165) is 38.5 Å². The number of ether oxygens (including phenoxy) is 2. The molecule has 0 fully saturated rings. The Labute approximate surface area is 211 Å². The van der Waals surface area contributed by atoms with Gasteiger partial charge in [-0.25, -0.2) is 4.79 Å². The van der Waals surface area contributed by atoms with Crippen molar-refractivity contribution in [1.29, 1.82) is 0 Å². The number of carbonyl (C=O) groups is 2. The molecule has 0 aliphatic heterocycles. The molecule has 0 N–H and O–H groups in total. The van der Waals surface area contributed by atoms with Crippen molar-refractivity contribution in [2.24, 2.45) is 0 Å². The Hall–Kier alpha value is -3.40. The topological polar surface area (TPSA) is 52.6 Å². The van der Waals surface area contributed by atoms with E-state index in [9.17, 15) is 9.59 Å². The van der Waals surface area contributed by atoms with Crippen LogP contribution in [0.1, 0.15) is 75.6 Å². The average molecular weight is 477 g/mol. The zero-order valence-corrected chi connectivity index (χ0v) is 21.2. The van der Waals surface area contributed by atoms with Gasteiger partial charge in [-0.3, -0.25) is 4.79 Å². The molecule has 4 nitrogen and oxygen atoms in total. The molecule has 0 spiro atoms. The van der Waals surface area contributed by atoms with Gasteiger partial charge in [0.15, 0.2) is 0 Å². The normalized spacial score (nSPS) is 12.3. The maximum atomic E-state index is 12.1. The number of carbonyl (C=O) groups excluding carboxylic acids is 2. The van der Waals surface area contributed by atoms with E-state index < -0.39 is 5.97 Å². The summed E-state index contributed by atoms with van der Waals surface area (Å²) < 4.78 is 10.3. The number of rotatable bonds is 17. The van der Waals surface area contributed by atoms with Crippen molar-refractivity contribution in [1.82, 2.24) is 0 Å². The summed E-state index contributed by atoms with van der Waals surface area (Å²) in [4.78, 5) is 24.0. The lowest BCUT2D eigenvalue weighted by atomic mass is 10.2. The van der Waals surface area contributed by atoms with Crippen molar-refractivity contribution >= 4 is 11.9 Å². The highest BCUT2D eigenvalue weighted by atomic mass is 16.5. The van der Waals surface area contributed by atoms with Gasteiger partial charge in [0, 0.05) is 6.42 Å². The first kappa shape index (κ1) is 29.6. The molecule has 1 aromatic carbocycles. The van der Waals surface area contributed by atoms with Crippen molar-refractivity contribution in [3.05, 3.63) is 103 Å². The van der Waals surface area contributed by atoms with Gasteiger partial charge < -0.3 is 9.47 Å². The zero-order chi connectivity index (χ0) is 25.4. The molecule has 1 aromatic rings. The van der Waals surface area contributed by atoms with E-state index in [4.69, 9.17) is 9.47 Å². The zero-order valence-electron chi connectivity index (χ0n) is 21.2. The van der Waals surface area contributed by atoms with E-state index in [1.807, 2.05) is 12.2 Å². The fourth-order valence-corrected chi connectivity index (χ4v) is 2.95. The summed E-state index contributed by atoms with van der Waals surface area (Å²) in [7, 11) is 0. The van der Waals surface area contributed by atoms with Gasteiger partial charge in [0.2, 0.25) is 0 Å². The SMILES string of the molecule is CCC=CCC=CCC=CCC=CCC=CCC=CCCC(=O)Oc1ccccc1C(=O)OCC. The molecular weight excluding hydrogens is 436 g/mol. The molecule has 0 heterocycles. The lowest BCUT2D eigenvalue weighted by Crippen LogP contribution is -2.12. The van der Waals surface area contributed by atoms with Gasteiger partial charge in [-0.15, -0.1) is 0 Å². The summed E-state index contributed by atoms with van der Waals surface area (Å²) in [5.74, 6) is -0.632. The molecule has 35 heavy (non-hydrogen) atoms. The molecule has 0 aromatic heterocycles. The Morgan fingerprint density at radius 2 is 1.17 bits per heavy atom. The van der Waals surface area contributed by atoms with Crippen LogP contribution in [0.15, 0.2) is 97.2 Å². The minimum absolute atomic E-state index is 0.235. The minimum Gasteiger partial charge on any atom is -0.462 e. The molecule has 0 aliphatic carbocycles.